The van der Waals surface area contributed by atoms with Crippen LogP contribution >= 0.6 is 0 Å². The first-order valence-corrected chi connectivity index (χ1v) is 4.58. The number of aryl methyl sites for hydroxylation is 1. The first-order chi connectivity index (χ1) is 4.50. The van der Waals surface area contributed by atoms with Crippen LogP contribution in [-0.4, -0.2) is 24.5 Å². The molecule has 0 aliphatic rings. The van der Waals surface area contributed by atoms with Crippen molar-refractivity contribution >= 4 is 9.84 Å². The third-order valence-corrected chi connectivity index (χ3v) is 2.18. The maximum absolute atomic E-state index is 10.8. The average molecular weight is 160 g/mol. The first-order valence-electron chi connectivity index (χ1n) is 2.69. The first kappa shape index (κ1) is 7.27. The van der Waals surface area contributed by atoms with Gasteiger partial charge in [-0.3, -0.25) is 4.68 Å². The van der Waals surface area contributed by atoms with Crippen LogP contribution in [0.15, 0.2) is 17.3 Å². The smallest absolute Gasteiger partial charge is 0.178 e. The molecule has 10 heavy (non-hydrogen) atoms. The molecule has 0 radical (unpaired) electrons. The Balaban J connectivity index is 3.21. The van der Waals surface area contributed by atoms with Gasteiger partial charge in [0.2, 0.25) is 0 Å². The number of aromatic nitrogens is 2. The van der Waals surface area contributed by atoms with Crippen molar-refractivity contribution in [2.24, 2.45) is 7.05 Å². The molecule has 1 aromatic rings. The molecule has 0 atom stereocenters. The third-order valence-electron chi connectivity index (χ3n) is 1.11. The van der Waals surface area contributed by atoms with Gasteiger partial charge in [-0.15, -0.1) is 0 Å². The normalized spacial score (nSPS) is 11.8. The van der Waals surface area contributed by atoms with E-state index in [-0.39, 0.29) is 4.90 Å². The molecule has 1 aromatic heterocycles. The van der Waals surface area contributed by atoms with Crippen LogP contribution in [0.4, 0.5) is 0 Å². The summed E-state index contributed by atoms with van der Waals surface area (Å²) in [6, 6.07) is 0. The van der Waals surface area contributed by atoms with Crippen LogP contribution in [0, 0.1) is 0 Å². The number of hydrogen-bond acceptors (Lipinski definition) is 3. The zero-order chi connectivity index (χ0) is 7.78. The van der Waals surface area contributed by atoms with Crippen molar-refractivity contribution in [1.82, 2.24) is 9.78 Å². The fourth-order valence-corrected chi connectivity index (χ4v) is 1.17. The van der Waals surface area contributed by atoms with E-state index in [2.05, 4.69) is 5.10 Å². The van der Waals surface area contributed by atoms with Crippen molar-refractivity contribution < 1.29 is 8.42 Å². The largest absolute Gasteiger partial charge is 0.274 e. The van der Waals surface area contributed by atoms with E-state index in [1.54, 1.807) is 7.05 Å². The van der Waals surface area contributed by atoms with Crippen LogP contribution in [0.3, 0.4) is 0 Å². The lowest BCUT2D eigenvalue weighted by Crippen LogP contribution is -1.94. The molecule has 1 rings (SSSR count). The van der Waals surface area contributed by atoms with E-state index in [9.17, 15) is 8.42 Å². The van der Waals surface area contributed by atoms with Crippen molar-refractivity contribution in [3.8, 4) is 0 Å². The molecule has 0 fully saturated rings. The predicted molar refractivity (Wildman–Crippen MR) is 36.3 cm³/mol. The highest BCUT2D eigenvalue weighted by atomic mass is 32.2. The predicted octanol–water partition coefficient (Wildman–Crippen LogP) is -0.176. The van der Waals surface area contributed by atoms with Gasteiger partial charge in [-0.05, 0) is 0 Å². The number of rotatable bonds is 1. The van der Waals surface area contributed by atoms with E-state index in [0.29, 0.717) is 0 Å². The summed E-state index contributed by atoms with van der Waals surface area (Å²) in [4.78, 5) is 0.259. The van der Waals surface area contributed by atoms with Crippen molar-refractivity contribution in [3.63, 3.8) is 0 Å². The quantitative estimate of drug-likeness (QED) is 0.572. The van der Waals surface area contributed by atoms with E-state index in [4.69, 9.17) is 0 Å². The summed E-state index contributed by atoms with van der Waals surface area (Å²) in [5, 5.41) is 3.72. The van der Waals surface area contributed by atoms with Gasteiger partial charge in [0.1, 0.15) is 4.90 Å². The maximum Gasteiger partial charge on any atom is 0.178 e. The van der Waals surface area contributed by atoms with Crippen molar-refractivity contribution in [2.45, 2.75) is 4.90 Å². The van der Waals surface area contributed by atoms with Crippen LogP contribution in [0.1, 0.15) is 0 Å². The molecule has 0 N–H and O–H groups in total. The summed E-state index contributed by atoms with van der Waals surface area (Å²) < 4.78 is 23.0. The van der Waals surface area contributed by atoms with E-state index < -0.39 is 9.84 Å². The summed E-state index contributed by atoms with van der Waals surface area (Å²) in [5.74, 6) is 0. The molecule has 0 saturated heterocycles. The number of sulfone groups is 1. The highest BCUT2D eigenvalue weighted by Crippen LogP contribution is 2.04. The van der Waals surface area contributed by atoms with Crippen LogP contribution < -0.4 is 0 Å². The molecule has 0 unspecified atom stereocenters. The zero-order valence-corrected chi connectivity index (χ0v) is 6.59. The highest BCUT2D eigenvalue weighted by molar-refractivity contribution is 7.90. The summed E-state index contributed by atoms with van der Waals surface area (Å²) in [6.07, 6.45) is 3.95. The average Bonchev–Trinajstić information content (AvgIpc) is 2.11. The summed E-state index contributed by atoms with van der Waals surface area (Å²) in [6.45, 7) is 0. The molecule has 0 aliphatic heterocycles. The molecule has 0 saturated carbocycles. The van der Waals surface area contributed by atoms with E-state index in [0.717, 1.165) is 6.26 Å². The SMILES string of the molecule is Cn1cc(S(C)(=O)=O)cn1. The van der Waals surface area contributed by atoms with Gasteiger partial charge in [0.25, 0.3) is 0 Å². The Labute approximate surface area is 59.4 Å². The number of nitrogens with zero attached hydrogens (tertiary/aromatic N) is 2. The van der Waals surface area contributed by atoms with Crippen molar-refractivity contribution in [1.29, 1.82) is 0 Å². The summed E-state index contributed by atoms with van der Waals surface area (Å²) in [7, 11) is -1.39. The minimum absolute atomic E-state index is 0.259. The molecule has 5 heteroatoms. The molecular formula is C5H8N2O2S. The molecule has 0 spiro atoms. The molecule has 0 aliphatic carbocycles. The molecule has 0 aromatic carbocycles. The standard InChI is InChI=1S/C5H8N2O2S/c1-7-4-5(3-6-7)10(2,8)9/h3-4H,1-2H3. The van der Waals surface area contributed by atoms with Gasteiger partial charge < -0.3 is 0 Å². The van der Waals surface area contributed by atoms with Crippen molar-refractivity contribution in [2.75, 3.05) is 6.26 Å². The van der Waals surface area contributed by atoms with Crippen LogP contribution in [-0.2, 0) is 16.9 Å². The number of hydrogen-bond donors (Lipinski definition) is 0. The second-order valence-electron chi connectivity index (χ2n) is 2.12. The van der Waals surface area contributed by atoms with Gasteiger partial charge in [-0.1, -0.05) is 0 Å². The maximum atomic E-state index is 10.8. The molecule has 4 nitrogen and oxygen atoms in total. The van der Waals surface area contributed by atoms with Gasteiger partial charge in [0.15, 0.2) is 9.84 Å². The Morgan fingerprint density at radius 1 is 1.60 bits per heavy atom. The minimum Gasteiger partial charge on any atom is -0.274 e. The van der Waals surface area contributed by atoms with Crippen LogP contribution in [0.2, 0.25) is 0 Å². The Kier molecular flexibility index (Phi) is 1.52. The highest BCUT2D eigenvalue weighted by Gasteiger charge is 2.07. The van der Waals surface area contributed by atoms with Crippen LogP contribution in [0.5, 0.6) is 0 Å². The molecular weight excluding hydrogens is 152 g/mol. The Bertz CT molecular complexity index is 325. The van der Waals surface area contributed by atoms with Gasteiger partial charge >= 0.3 is 0 Å². The van der Waals surface area contributed by atoms with Gasteiger partial charge in [0, 0.05) is 19.5 Å². The van der Waals surface area contributed by atoms with Crippen molar-refractivity contribution in [3.05, 3.63) is 12.4 Å². The third kappa shape index (κ3) is 1.36. The lowest BCUT2D eigenvalue weighted by molar-refractivity contribution is 0.601. The Morgan fingerprint density at radius 2 is 2.20 bits per heavy atom. The van der Waals surface area contributed by atoms with E-state index >= 15 is 0 Å². The minimum atomic E-state index is -3.07. The lowest BCUT2D eigenvalue weighted by atomic mass is 10.7. The van der Waals surface area contributed by atoms with Gasteiger partial charge in [-0.2, -0.15) is 5.10 Å². The molecule has 1 heterocycles. The van der Waals surface area contributed by atoms with Gasteiger partial charge in [-0.25, -0.2) is 8.42 Å². The molecule has 0 amide bonds. The fraction of sp³-hybridized carbons (Fsp3) is 0.400. The Morgan fingerprint density at radius 3 is 2.40 bits per heavy atom. The summed E-state index contributed by atoms with van der Waals surface area (Å²) >= 11 is 0. The van der Waals surface area contributed by atoms with E-state index in [1.807, 2.05) is 0 Å². The van der Waals surface area contributed by atoms with Gasteiger partial charge in [0.05, 0.1) is 6.20 Å². The monoisotopic (exact) mass is 160 g/mol. The fourth-order valence-electron chi connectivity index (χ4n) is 0.590. The summed E-state index contributed by atoms with van der Waals surface area (Å²) in [5.41, 5.74) is 0. The van der Waals surface area contributed by atoms with E-state index in [1.165, 1.54) is 17.1 Å². The second kappa shape index (κ2) is 2.09. The molecule has 0 bridgehead atoms. The lowest BCUT2D eigenvalue weighted by Gasteiger charge is -1.86. The zero-order valence-electron chi connectivity index (χ0n) is 5.77. The molecule has 56 valence electrons. The second-order valence-corrected chi connectivity index (χ2v) is 4.14. The van der Waals surface area contributed by atoms with Crippen LogP contribution in [0.25, 0.3) is 0 Å². The topological polar surface area (TPSA) is 52.0 Å². The Hall–Kier alpha value is -0.840.